The van der Waals surface area contributed by atoms with Crippen LogP contribution in [-0.2, 0) is 24.8 Å². The van der Waals surface area contributed by atoms with E-state index in [0.717, 1.165) is 4.31 Å². The molecule has 0 aliphatic carbocycles. The fraction of sp³-hybridized carbons (Fsp3) is 0.148. The van der Waals surface area contributed by atoms with Crippen molar-refractivity contribution < 1.29 is 21.6 Å². The van der Waals surface area contributed by atoms with Crippen LogP contribution in [0, 0.1) is 20.8 Å². The highest BCUT2D eigenvalue weighted by Gasteiger charge is 2.28. The molecular weight excluding hydrogens is 574 g/mol. The molecule has 0 atom stereocenters. The molecule has 2 N–H and O–H groups in total. The molecule has 13 heteroatoms. The number of halogens is 1. The van der Waals surface area contributed by atoms with Gasteiger partial charge in [-0.25, -0.2) is 31.5 Å². The maximum atomic E-state index is 13.6. The molecular formula is C27H26ClN5O5S2. The maximum Gasteiger partial charge on any atom is 0.264 e. The average molecular weight is 600 g/mol. The Morgan fingerprint density at radius 2 is 1.45 bits per heavy atom. The van der Waals surface area contributed by atoms with Gasteiger partial charge in [0, 0.05) is 22.1 Å². The van der Waals surface area contributed by atoms with Crippen LogP contribution in [0.15, 0.2) is 88.7 Å². The normalized spacial score (nSPS) is 11.6. The predicted molar refractivity (Wildman–Crippen MR) is 155 cm³/mol. The number of rotatable bonds is 9. The summed E-state index contributed by atoms with van der Waals surface area (Å²) in [7, 11) is -8.12. The first-order valence-electron chi connectivity index (χ1n) is 11.9. The monoisotopic (exact) mass is 599 g/mol. The molecule has 1 heterocycles. The van der Waals surface area contributed by atoms with Gasteiger partial charge in [-0.1, -0.05) is 35.9 Å². The lowest BCUT2D eigenvalue weighted by Crippen LogP contribution is -2.38. The maximum absolute atomic E-state index is 13.6. The Kier molecular flexibility index (Phi) is 8.43. The molecule has 4 rings (SSSR count). The van der Waals surface area contributed by atoms with Gasteiger partial charge in [0.05, 0.1) is 15.5 Å². The van der Waals surface area contributed by atoms with Crippen LogP contribution in [0.3, 0.4) is 0 Å². The topological polar surface area (TPSA) is 138 Å². The molecule has 1 amide bonds. The Hall–Kier alpha value is -4.00. The molecule has 0 saturated carbocycles. The smallest absolute Gasteiger partial charge is 0.264 e. The largest absolute Gasteiger partial charge is 0.325 e. The first kappa shape index (κ1) is 29.0. The minimum absolute atomic E-state index is 0.0111. The van der Waals surface area contributed by atoms with Gasteiger partial charge in [0.2, 0.25) is 11.9 Å². The van der Waals surface area contributed by atoms with Crippen LogP contribution in [-0.4, -0.2) is 39.3 Å². The van der Waals surface area contributed by atoms with Crippen LogP contribution >= 0.6 is 11.6 Å². The Labute approximate surface area is 238 Å². The van der Waals surface area contributed by atoms with Crippen LogP contribution in [0.25, 0.3) is 0 Å². The van der Waals surface area contributed by atoms with Gasteiger partial charge < -0.3 is 5.32 Å². The van der Waals surface area contributed by atoms with Gasteiger partial charge in [-0.3, -0.25) is 9.10 Å². The van der Waals surface area contributed by atoms with E-state index in [-0.39, 0.29) is 27.1 Å². The average Bonchev–Trinajstić information content (AvgIpc) is 2.89. The number of sulfonamides is 2. The molecule has 1 aromatic heterocycles. The van der Waals surface area contributed by atoms with Crippen LogP contribution < -0.4 is 14.3 Å². The van der Waals surface area contributed by atoms with Gasteiger partial charge in [-0.05, 0) is 80.9 Å². The summed E-state index contributed by atoms with van der Waals surface area (Å²) in [6.07, 6.45) is 0. The van der Waals surface area contributed by atoms with Gasteiger partial charge >= 0.3 is 0 Å². The summed E-state index contributed by atoms with van der Waals surface area (Å²) in [5, 5.41) is 2.94. The zero-order valence-corrected chi connectivity index (χ0v) is 24.2. The van der Waals surface area contributed by atoms with Crippen molar-refractivity contribution in [2.24, 2.45) is 0 Å². The summed E-state index contributed by atoms with van der Waals surface area (Å²) < 4.78 is 56.0. The van der Waals surface area contributed by atoms with E-state index < -0.39 is 32.5 Å². The summed E-state index contributed by atoms with van der Waals surface area (Å²) in [6.45, 7) is 4.62. The van der Waals surface area contributed by atoms with E-state index in [2.05, 4.69) is 20.0 Å². The lowest BCUT2D eigenvalue weighted by atomic mass is 10.2. The fourth-order valence-electron chi connectivity index (χ4n) is 3.87. The van der Waals surface area contributed by atoms with E-state index in [0.29, 0.717) is 22.0 Å². The molecule has 0 bridgehead atoms. The quantitative estimate of drug-likeness (QED) is 0.284. The predicted octanol–water partition coefficient (Wildman–Crippen LogP) is 4.69. The summed E-state index contributed by atoms with van der Waals surface area (Å²) in [5.74, 6) is -0.692. The minimum atomic E-state index is -4.13. The fourth-order valence-corrected chi connectivity index (χ4v) is 6.48. The summed E-state index contributed by atoms with van der Waals surface area (Å²) in [5.41, 5.74) is 2.35. The molecule has 0 aliphatic rings. The number of hydrogen-bond acceptors (Lipinski definition) is 7. The highest BCUT2D eigenvalue weighted by molar-refractivity contribution is 7.93. The van der Waals surface area contributed by atoms with Crippen LogP contribution in [0.2, 0.25) is 5.02 Å². The van der Waals surface area contributed by atoms with Crippen molar-refractivity contribution in [3.05, 3.63) is 101 Å². The van der Waals surface area contributed by atoms with Crippen molar-refractivity contribution in [3.63, 3.8) is 0 Å². The molecule has 0 spiro atoms. The number of nitrogens with one attached hydrogen (secondary N) is 2. The zero-order chi connectivity index (χ0) is 29.1. The Bertz CT molecular complexity index is 1750. The number of nitrogens with zero attached hydrogens (tertiary/aromatic N) is 3. The third-order valence-corrected chi connectivity index (χ3v) is 9.07. The van der Waals surface area contributed by atoms with Crippen molar-refractivity contribution in [3.8, 4) is 0 Å². The van der Waals surface area contributed by atoms with Gasteiger partial charge in [0.15, 0.2) is 0 Å². The second-order valence-corrected chi connectivity index (χ2v) is 12.9. The number of aromatic nitrogens is 2. The molecule has 0 fully saturated rings. The van der Waals surface area contributed by atoms with E-state index in [1.165, 1.54) is 42.5 Å². The minimum Gasteiger partial charge on any atom is -0.325 e. The highest BCUT2D eigenvalue weighted by atomic mass is 35.5. The number of benzene rings is 3. The van der Waals surface area contributed by atoms with Crippen molar-refractivity contribution in [2.45, 2.75) is 30.6 Å². The molecule has 0 saturated heterocycles. The van der Waals surface area contributed by atoms with Crippen molar-refractivity contribution in [1.82, 2.24) is 9.97 Å². The standard InChI is InChI=1S/C27H26ClN5O5S2/c1-18-9-10-21(28)16-25(18)33(40(37,38)24-7-5-4-6-8-24)17-26(34)31-22-11-13-23(14-12-22)39(35,36)32-27-29-19(2)15-20(3)30-27/h4-16H,17H2,1-3H3,(H,31,34)(H,29,30,32). The lowest BCUT2D eigenvalue weighted by Gasteiger charge is -2.26. The van der Waals surface area contributed by atoms with E-state index in [1.807, 2.05) is 0 Å². The lowest BCUT2D eigenvalue weighted by molar-refractivity contribution is -0.114. The third kappa shape index (κ3) is 6.76. The van der Waals surface area contributed by atoms with Gasteiger partial charge in [0.1, 0.15) is 6.54 Å². The van der Waals surface area contributed by atoms with E-state index in [4.69, 9.17) is 11.6 Å². The first-order chi connectivity index (χ1) is 18.8. The zero-order valence-electron chi connectivity index (χ0n) is 21.8. The number of carbonyl (C=O) groups is 1. The molecule has 4 aromatic rings. The van der Waals surface area contributed by atoms with Crippen LogP contribution in [0.4, 0.5) is 17.3 Å². The number of amides is 1. The summed E-state index contributed by atoms with van der Waals surface area (Å²) >= 11 is 6.16. The Morgan fingerprint density at radius 1 is 0.825 bits per heavy atom. The van der Waals surface area contributed by atoms with Crippen molar-refractivity contribution in [2.75, 3.05) is 20.9 Å². The number of anilines is 3. The Morgan fingerprint density at radius 3 is 2.08 bits per heavy atom. The Balaban J connectivity index is 1.55. The van der Waals surface area contributed by atoms with Crippen molar-refractivity contribution in [1.29, 1.82) is 0 Å². The second-order valence-electron chi connectivity index (χ2n) is 8.91. The van der Waals surface area contributed by atoms with Crippen LogP contribution in [0.5, 0.6) is 0 Å². The van der Waals surface area contributed by atoms with E-state index in [9.17, 15) is 21.6 Å². The summed E-state index contributed by atoms with van der Waals surface area (Å²) in [4.78, 5) is 21.2. The second kappa shape index (κ2) is 11.6. The molecule has 0 unspecified atom stereocenters. The highest BCUT2D eigenvalue weighted by Crippen LogP contribution is 2.29. The molecule has 0 aliphatic heterocycles. The van der Waals surface area contributed by atoms with Gasteiger partial charge in [-0.15, -0.1) is 0 Å². The van der Waals surface area contributed by atoms with Crippen molar-refractivity contribution >= 4 is 54.9 Å². The molecule has 10 nitrogen and oxygen atoms in total. The van der Waals surface area contributed by atoms with Gasteiger partial charge in [-0.2, -0.15) is 0 Å². The SMILES string of the molecule is Cc1cc(C)nc(NS(=O)(=O)c2ccc(NC(=O)CN(c3cc(Cl)ccc3C)S(=O)(=O)c3ccccc3)cc2)n1. The van der Waals surface area contributed by atoms with E-state index >= 15 is 0 Å². The van der Waals surface area contributed by atoms with E-state index in [1.54, 1.807) is 57.2 Å². The van der Waals surface area contributed by atoms with Crippen LogP contribution in [0.1, 0.15) is 17.0 Å². The van der Waals surface area contributed by atoms with Gasteiger partial charge in [0.25, 0.3) is 20.0 Å². The number of aryl methyl sites for hydroxylation is 3. The molecule has 3 aromatic carbocycles. The summed E-state index contributed by atoms with van der Waals surface area (Å²) in [6, 6.07) is 19.7. The first-order valence-corrected chi connectivity index (χ1v) is 15.2. The molecule has 0 radical (unpaired) electrons. The third-order valence-electron chi connectivity index (χ3n) is 5.71. The number of hydrogen-bond donors (Lipinski definition) is 2. The molecule has 40 heavy (non-hydrogen) atoms. The number of carbonyl (C=O) groups excluding carboxylic acids is 1. The molecule has 208 valence electrons.